The summed E-state index contributed by atoms with van der Waals surface area (Å²) in [5, 5.41) is 0. The first kappa shape index (κ1) is 36.4. The molecule has 0 saturated carbocycles. The number of hydrogen-bond acceptors (Lipinski definition) is 13. The average molecular weight is 445 g/mol. The predicted molar refractivity (Wildman–Crippen MR) is 48.0 cm³/mol. The molecule has 0 fully saturated rings. The van der Waals surface area contributed by atoms with Gasteiger partial charge in [0.2, 0.25) is 0 Å². The van der Waals surface area contributed by atoms with Crippen LogP contribution in [0, 0.1) is 0 Å². The van der Waals surface area contributed by atoms with E-state index in [-0.39, 0.29) is 45.7 Å². The van der Waals surface area contributed by atoms with Crippen LogP contribution in [0.5, 0.6) is 0 Å². The van der Waals surface area contributed by atoms with E-state index in [9.17, 15) is 0 Å². The molecule has 3 N–H and O–H groups in total. The molecule has 0 aromatic carbocycles. The summed E-state index contributed by atoms with van der Waals surface area (Å²) in [7, 11) is -15.5. The zero-order chi connectivity index (χ0) is 13.5. The molecule has 0 amide bonds. The van der Waals surface area contributed by atoms with Crippen LogP contribution < -0.4 is 6.15 Å². The van der Waals surface area contributed by atoms with Crippen molar-refractivity contribution in [3.05, 3.63) is 0 Å². The molecule has 0 spiro atoms. The van der Waals surface area contributed by atoms with Crippen molar-refractivity contribution in [3.63, 3.8) is 0 Å². The van der Waals surface area contributed by atoms with Crippen molar-refractivity contribution in [2.75, 3.05) is 0 Å². The van der Waals surface area contributed by atoms with Crippen LogP contribution in [0.25, 0.3) is 0 Å². The Kier molecular flexibility index (Phi) is 28.8. The average Bonchev–Trinajstić information content (AvgIpc) is 1.41. The van der Waals surface area contributed by atoms with Gasteiger partial charge in [0.25, 0.3) is 0 Å². The Morgan fingerprint density at radius 3 is 0.444 bits per heavy atom. The van der Waals surface area contributed by atoms with Crippen LogP contribution in [0.15, 0.2) is 0 Å². The van der Waals surface area contributed by atoms with E-state index >= 15 is 0 Å². The maximum atomic E-state index is 8.52. The minimum Gasteiger partial charge on any atom is -0.759 e. The van der Waals surface area contributed by atoms with E-state index in [1.807, 2.05) is 0 Å². The van der Waals surface area contributed by atoms with Gasteiger partial charge in [-0.1, -0.05) is 0 Å². The van der Waals surface area contributed by atoms with E-state index in [0.717, 1.165) is 0 Å². The van der Waals surface area contributed by atoms with Gasteiger partial charge in [-0.15, -0.1) is 0 Å². The topological polar surface area (TPSA) is 276 Å². The Bertz CT molecular complexity index is 346. The fraction of sp³-hybridized carbons (Fsp3) is 0. The summed E-state index contributed by atoms with van der Waals surface area (Å²) in [5.41, 5.74) is 0. The summed E-state index contributed by atoms with van der Waals surface area (Å²) in [6, 6.07) is 0. The summed E-state index contributed by atoms with van der Waals surface area (Å²) >= 11 is 0. The third-order valence-corrected chi connectivity index (χ3v) is 0. The summed E-state index contributed by atoms with van der Waals surface area (Å²) < 4.78 is 102. The minimum absolute atomic E-state index is 0. The van der Waals surface area contributed by atoms with Gasteiger partial charge < -0.3 is 33.5 Å². The van der Waals surface area contributed by atoms with E-state index in [4.69, 9.17) is 52.6 Å². The molecular weight excluding hydrogens is 442 g/mol. The van der Waals surface area contributed by atoms with Crippen molar-refractivity contribution in [2.45, 2.75) is 0 Å². The van der Waals surface area contributed by atoms with E-state index in [1.54, 1.807) is 0 Å². The van der Waals surface area contributed by atoms with Crippen LogP contribution in [0.1, 0.15) is 0 Å². The van der Waals surface area contributed by atoms with Gasteiger partial charge in [0.05, 0.1) is 0 Å². The Hall–Kier alpha value is 0.843. The summed E-state index contributed by atoms with van der Waals surface area (Å²) in [6.45, 7) is 0. The van der Waals surface area contributed by atoms with Crippen LogP contribution in [0.3, 0.4) is 0 Å². The molecule has 0 atom stereocenters. The summed E-state index contributed by atoms with van der Waals surface area (Å²) in [6.07, 6.45) is 0. The van der Waals surface area contributed by atoms with Crippen molar-refractivity contribution in [2.24, 2.45) is 0 Å². The van der Waals surface area contributed by atoms with Gasteiger partial charge in [-0.05, 0) is 0 Å². The van der Waals surface area contributed by atoms with Gasteiger partial charge >= 0.3 is 39.6 Å². The molecule has 13 nitrogen and oxygen atoms in total. The first-order valence-corrected chi connectivity index (χ1v) is 6.00. The van der Waals surface area contributed by atoms with Crippen LogP contribution >= 0.6 is 0 Å². The predicted octanol–water partition coefficient (Wildman–Crippen LogP) is -4.61. The molecule has 0 aliphatic carbocycles. The summed E-state index contributed by atoms with van der Waals surface area (Å²) in [4.78, 5) is 0. The monoisotopic (exact) mass is 443 g/mol. The van der Waals surface area contributed by atoms with Crippen molar-refractivity contribution < 1.29 is 52.6 Å². The maximum Gasteiger partial charge on any atom is 3.00 e. The van der Waals surface area contributed by atoms with Crippen LogP contribution in [0.4, 0.5) is 0 Å². The number of rotatable bonds is 0. The molecule has 104 valence electrons. The second-order valence-electron chi connectivity index (χ2n) is 1.22. The Labute approximate surface area is 129 Å². The zero-order valence-electron chi connectivity index (χ0n) is 7.99. The molecule has 0 aliphatic heterocycles. The molecule has 18 heteroatoms. The normalized spacial score (nSPS) is 9.67. The minimum atomic E-state index is -5.17. The first-order chi connectivity index (χ1) is 6.00. The Morgan fingerprint density at radius 1 is 0.444 bits per heavy atom. The molecule has 0 radical (unpaired) electrons. The van der Waals surface area contributed by atoms with Crippen molar-refractivity contribution in [3.8, 4) is 0 Å². The fourth-order valence-corrected chi connectivity index (χ4v) is 0. The maximum absolute atomic E-state index is 8.52. The largest absolute Gasteiger partial charge is 3.00 e. The van der Waals surface area contributed by atoms with Gasteiger partial charge in [-0.2, -0.15) is 0 Å². The van der Waals surface area contributed by atoms with Crippen molar-refractivity contribution in [1.29, 1.82) is 0 Å². The molecule has 0 saturated heterocycles. The SMILES string of the molecule is N.O=S(=O)([O-])[O-].O=S(=O)([O-])[O-].O=S(=O)([O-])[O-].[Ga+3].[Ga+3]. The van der Waals surface area contributed by atoms with E-state index in [1.165, 1.54) is 0 Å². The molecule has 18 heavy (non-hydrogen) atoms. The second kappa shape index (κ2) is 14.3. The molecule has 0 unspecified atom stereocenters. The van der Waals surface area contributed by atoms with Gasteiger partial charge in [-0.3, -0.25) is 25.3 Å². The molecule has 0 aromatic rings. The second-order valence-corrected chi connectivity index (χ2v) is 3.67. The van der Waals surface area contributed by atoms with Gasteiger partial charge in [-0.25, -0.2) is 0 Å². The van der Waals surface area contributed by atoms with Gasteiger partial charge in [0.1, 0.15) is 0 Å². The molecule has 0 rings (SSSR count). The molecule has 0 aliphatic rings. The van der Waals surface area contributed by atoms with E-state index < -0.39 is 31.2 Å². The molecule has 0 bridgehead atoms. The fourth-order valence-electron chi connectivity index (χ4n) is 0. The number of hydrogen-bond donors (Lipinski definition) is 1. The standard InChI is InChI=1S/2Ga.H3N.3H2O4S/c;;;3*1-5(2,3)4/h;;1H3;3*(H2,1,2,3,4)/q2*+3;;;;/p-6. The van der Waals surface area contributed by atoms with Gasteiger partial charge in [0, 0.05) is 31.2 Å². The molecule has 0 heterocycles. The van der Waals surface area contributed by atoms with Crippen molar-refractivity contribution in [1.82, 2.24) is 6.15 Å². The van der Waals surface area contributed by atoms with E-state index in [0.29, 0.717) is 0 Å². The molecule has 0 aromatic heterocycles. The quantitative estimate of drug-likeness (QED) is 0.209. The Morgan fingerprint density at radius 2 is 0.444 bits per heavy atom. The third kappa shape index (κ3) is 5950. The van der Waals surface area contributed by atoms with Crippen LogP contribution in [-0.4, -0.2) is 92.2 Å². The third-order valence-electron chi connectivity index (χ3n) is 0. The van der Waals surface area contributed by atoms with Crippen molar-refractivity contribution >= 4 is 70.8 Å². The first-order valence-electron chi connectivity index (χ1n) is 2.00. The smallest absolute Gasteiger partial charge is 0.759 e. The van der Waals surface area contributed by atoms with E-state index in [2.05, 4.69) is 0 Å². The summed E-state index contributed by atoms with van der Waals surface area (Å²) in [5.74, 6) is 0. The Balaban J connectivity index is -0.0000000277. The zero-order valence-corrected chi connectivity index (χ0v) is 15.3. The molecular formula is H3Ga2NO12S3. The van der Waals surface area contributed by atoms with Crippen LogP contribution in [0.2, 0.25) is 0 Å². The van der Waals surface area contributed by atoms with Crippen LogP contribution in [-0.2, 0) is 31.2 Å². The van der Waals surface area contributed by atoms with Gasteiger partial charge in [0.15, 0.2) is 0 Å².